The van der Waals surface area contributed by atoms with E-state index in [9.17, 15) is 14.4 Å². The normalized spacial score (nSPS) is 12.3. The molecule has 16 heteroatoms. The summed E-state index contributed by atoms with van der Waals surface area (Å²) >= 11 is 0. The van der Waals surface area contributed by atoms with Crippen molar-refractivity contribution in [2.45, 2.75) is 101 Å². The third-order valence-corrected chi connectivity index (χ3v) is 7.66. The maximum Gasteiger partial charge on any atom is 0.316 e. The summed E-state index contributed by atoms with van der Waals surface area (Å²) < 4.78 is 10.0. The number of nitrogens with two attached hydrogens (primary N) is 1. The van der Waals surface area contributed by atoms with Crippen LogP contribution in [0.3, 0.4) is 0 Å². The number of Topliss-reactive ketones (excluding diaryl/α,β-unsaturated/α-hetero) is 1. The first-order valence-electron chi connectivity index (χ1n) is 16.5. The Morgan fingerprint density at radius 2 is 1.54 bits per heavy atom. The van der Waals surface area contributed by atoms with Gasteiger partial charge in [0.15, 0.2) is 5.82 Å². The third-order valence-electron chi connectivity index (χ3n) is 7.66. The van der Waals surface area contributed by atoms with E-state index in [-0.39, 0.29) is 49.1 Å². The quantitative estimate of drug-likeness (QED) is 0.0660. The van der Waals surface area contributed by atoms with Crippen molar-refractivity contribution in [3.05, 3.63) is 80.2 Å². The molecule has 0 radical (unpaired) electrons. The summed E-state index contributed by atoms with van der Waals surface area (Å²) in [7, 11) is 0. The maximum atomic E-state index is 11.0. The fourth-order valence-electron chi connectivity index (χ4n) is 4.19. The summed E-state index contributed by atoms with van der Waals surface area (Å²) in [5, 5.41) is 13.9. The number of nitrogens with zero attached hydrogens (tertiary/aromatic N) is 5. The highest BCUT2D eigenvalue weighted by molar-refractivity contribution is 7.59. The predicted octanol–water partition coefficient (Wildman–Crippen LogP) is 6.45. The van der Waals surface area contributed by atoms with E-state index in [1.807, 2.05) is 39.8 Å². The molecule has 5 rings (SSSR count). The summed E-state index contributed by atoms with van der Waals surface area (Å²) in [5.74, 6) is 3.24. The van der Waals surface area contributed by atoms with Crippen molar-refractivity contribution in [2.24, 2.45) is 11.7 Å². The molecule has 0 spiro atoms. The van der Waals surface area contributed by atoms with Gasteiger partial charge in [-0.3, -0.25) is 19.8 Å². The minimum atomic E-state index is -0.611. The number of amidine groups is 1. The fraction of sp³-hybridized carbons (Fsp3) is 0.472. The standard InChI is InChI=1S/C20H23N5O.C7H10N2O.C7H12O3.C2H6N2.ClH.H2S/c1-11-12(2)21-14(4)23-18(11)22-13(3)15-5-9-17(10-6-15)20-24-19(25-26-20)16-7-8-16;1-4-5(2)8-6(3)9-7(4)10;1-4-10-7(9)5(2)6(3)8;1-2(3)4;;/h5-6,9-10,13,16H,7-8H2,1-4H3,(H,21,22,23);1-3H3,(H,8,9,10);5H,4H2,1-3H3;1H3,(H3,3,4);1H;1H2/t13-;;;;;/m0...../s1. The van der Waals surface area contributed by atoms with E-state index >= 15 is 0 Å². The van der Waals surface area contributed by atoms with Gasteiger partial charge in [0, 0.05) is 40.0 Å². The van der Waals surface area contributed by atoms with Crippen LogP contribution in [-0.4, -0.2) is 54.3 Å². The number of hydrogen-bond acceptors (Lipinski definition) is 12. The highest BCUT2D eigenvalue weighted by Crippen LogP contribution is 2.39. The van der Waals surface area contributed by atoms with Gasteiger partial charge in [-0.05, 0) is 107 Å². The van der Waals surface area contributed by atoms with Crippen molar-refractivity contribution in [1.82, 2.24) is 30.1 Å². The molecule has 3 aromatic heterocycles. The monoisotopic (exact) mass is 759 g/mol. The summed E-state index contributed by atoms with van der Waals surface area (Å²) in [4.78, 5) is 52.4. The van der Waals surface area contributed by atoms with Crippen LogP contribution in [0.25, 0.3) is 11.5 Å². The number of benzene rings is 1. The molecule has 14 nitrogen and oxygen atoms in total. The number of nitrogens with one attached hydrogen (secondary N) is 3. The summed E-state index contributed by atoms with van der Waals surface area (Å²) in [5.41, 5.74) is 10.4. The molecule has 0 saturated heterocycles. The number of rotatable bonds is 8. The van der Waals surface area contributed by atoms with Gasteiger partial charge in [-0.1, -0.05) is 17.3 Å². The molecule has 2 atom stereocenters. The van der Waals surface area contributed by atoms with E-state index in [2.05, 4.69) is 59.2 Å². The molecule has 1 saturated carbocycles. The molecule has 5 N–H and O–H groups in total. The number of ether oxygens (including phenoxy) is 1. The Morgan fingerprint density at radius 1 is 0.981 bits per heavy atom. The predicted molar refractivity (Wildman–Crippen MR) is 211 cm³/mol. The first-order chi connectivity index (χ1) is 23.4. The number of carbonyl (C=O) groups is 2. The van der Waals surface area contributed by atoms with Crippen molar-refractivity contribution >= 4 is 49.3 Å². The van der Waals surface area contributed by atoms with Gasteiger partial charge >= 0.3 is 5.97 Å². The lowest BCUT2D eigenvalue weighted by Gasteiger charge is -2.18. The van der Waals surface area contributed by atoms with Crippen LogP contribution < -0.4 is 16.6 Å². The van der Waals surface area contributed by atoms with Crippen molar-refractivity contribution in [3.63, 3.8) is 0 Å². The van der Waals surface area contributed by atoms with Crippen molar-refractivity contribution < 1.29 is 18.8 Å². The summed E-state index contributed by atoms with van der Waals surface area (Å²) in [6, 6.07) is 8.36. The smallest absolute Gasteiger partial charge is 0.316 e. The van der Waals surface area contributed by atoms with Crippen molar-refractivity contribution in [1.29, 1.82) is 5.41 Å². The molecule has 1 aliphatic carbocycles. The topological polar surface area (TPSA) is 216 Å². The van der Waals surface area contributed by atoms with Gasteiger partial charge in [0.05, 0.1) is 12.4 Å². The fourth-order valence-corrected chi connectivity index (χ4v) is 4.19. The molecule has 0 amide bonds. The van der Waals surface area contributed by atoms with Crippen molar-refractivity contribution in [3.8, 4) is 11.5 Å². The van der Waals surface area contributed by atoms with Crippen molar-refractivity contribution in [2.75, 3.05) is 11.9 Å². The SMILES string of the molecule is CC(=N)N.CCOC(=O)C(C)C(C)=O.Cc1nc(C)c(C)c(=O)[nH]1.Cc1nc(C)c(C)c(N[C@@H](C)c2ccc(-c3nc(C4CC4)no3)cc2)n1.Cl.S. The number of aromatic nitrogens is 6. The first kappa shape index (κ1) is 47.4. The van der Waals surface area contributed by atoms with E-state index in [0.717, 1.165) is 40.0 Å². The molecule has 0 bridgehead atoms. The Morgan fingerprint density at radius 3 is 2.04 bits per heavy atom. The van der Waals surface area contributed by atoms with E-state index in [1.54, 1.807) is 27.7 Å². The number of halogens is 1. The first-order valence-corrected chi connectivity index (χ1v) is 16.5. The second-order valence-corrected chi connectivity index (χ2v) is 12.2. The molecule has 1 aliphatic rings. The van der Waals surface area contributed by atoms with E-state index in [1.165, 1.54) is 32.3 Å². The highest BCUT2D eigenvalue weighted by atomic mass is 35.5. The average Bonchev–Trinajstić information content (AvgIpc) is 3.78. The lowest BCUT2D eigenvalue weighted by molar-refractivity contribution is -0.150. The molecule has 286 valence electrons. The van der Waals surface area contributed by atoms with Crippen LogP contribution in [0.4, 0.5) is 5.82 Å². The Labute approximate surface area is 318 Å². The molecule has 0 aliphatic heterocycles. The van der Waals surface area contributed by atoms with Crippen LogP contribution in [0.15, 0.2) is 33.6 Å². The zero-order valence-corrected chi connectivity index (χ0v) is 33.7. The summed E-state index contributed by atoms with van der Waals surface area (Å²) in [6.45, 7) is 19.9. The molecule has 1 aromatic carbocycles. The molecular formula is C36H54ClN9O5S. The molecular weight excluding hydrogens is 706 g/mol. The number of H-pyrrole nitrogens is 1. The average molecular weight is 760 g/mol. The highest BCUT2D eigenvalue weighted by Gasteiger charge is 2.29. The van der Waals surface area contributed by atoms with E-state index < -0.39 is 11.9 Å². The van der Waals surface area contributed by atoms with Crippen LogP contribution in [0.5, 0.6) is 0 Å². The number of carbonyl (C=O) groups excluding carboxylic acids is 2. The molecule has 3 heterocycles. The van der Waals surface area contributed by atoms with Gasteiger partial charge < -0.3 is 25.3 Å². The number of aryl methyl sites for hydroxylation is 4. The Balaban J connectivity index is 0.000000831. The van der Waals surface area contributed by atoms with Crippen LogP contribution in [-0.2, 0) is 14.3 Å². The number of esters is 1. The molecule has 4 aromatic rings. The third kappa shape index (κ3) is 15.3. The number of ketones is 1. The Hall–Kier alpha value is -4.63. The van der Waals surface area contributed by atoms with Gasteiger partial charge in [-0.15, -0.1) is 12.4 Å². The lowest BCUT2D eigenvalue weighted by atomic mass is 10.1. The lowest BCUT2D eigenvalue weighted by Crippen LogP contribution is -2.20. The second kappa shape index (κ2) is 22.3. The van der Waals surface area contributed by atoms with Crippen LogP contribution in [0.1, 0.15) is 105 Å². The molecule has 1 unspecified atom stereocenters. The van der Waals surface area contributed by atoms with Crippen LogP contribution in [0, 0.1) is 52.9 Å². The second-order valence-electron chi connectivity index (χ2n) is 12.2. The van der Waals surface area contributed by atoms with Gasteiger partial charge in [0.25, 0.3) is 11.4 Å². The zero-order chi connectivity index (χ0) is 37.7. The van der Waals surface area contributed by atoms with E-state index in [0.29, 0.717) is 29.8 Å². The summed E-state index contributed by atoms with van der Waals surface area (Å²) in [6.07, 6.45) is 2.34. The van der Waals surface area contributed by atoms with Gasteiger partial charge in [0.2, 0.25) is 0 Å². The number of anilines is 1. The van der Waals surface area contributed by atoms with Gasteiger partial charge in [0.1, 0.15) is 29.2 Å². The van der Waals surface area contributed by atoms with Crippen LogP contribution >= 0.6 is 25.9 Å². The van der Waals surface area contributed by atoms with Crippen LogP contribution in [0.2, 0.25) is 0 Å². The Kier molecular flexibility index (Phi) is 20.3. The largest absolute Gasteiger partial charge is 0.465 e. The molecule has 1 fully saturated rings. The molecule has 52 heavy (non-hydrogen) atoms. The van der Waals surface area contributed by atoms with Gasteiger partial charge in [-0.2, -0.15) is 18.5 Å². The Bertz CT molecular complexity index is 1820. The van der Waals surface area contributed by atoms with Gasteiger partial charge in [-0.25, -0.2) is 15.0 Å². The minimum Gasteiger partial charge on any atom is -0.465 e. The minimum absolute atomic E-state index is 0. The number of hydrogen-bond donors (Lipinski definition) is 4. The maximum absolute atomic E-state index is 11.0. The number of aromatic amines is 1. The zero-order valence-electron chi connectivity index (χ0n) is 31.9. The van der Waals surface area contributed by atoms with E-state index in [4.69, 9.17) is 15.7 Å².